The molecule has 0 amide bonds. The number of rotatable bonds is 4. The smallest absolute Gasteiger partial charge is 0.335 e. The Morgan fingerprint density at radius 2 is 2.10 bits per heavy atom. The van der Waals surface area contributed by atoms with Gasteiger partial charge in [-0.3, -0.25) is 0 Å². The highest BCUT2D eigenvalue weighted by atomic mass is 32.2. The van der Waals surface area contributed by atoms with Crippen molar-refractivity contribution in [3.63, 3.8) is 0 Å². The van der Waals surface area contributed by atoms with Crippen molar-refractivity contribution in [3.8, 4) is 0 Å². The topological polar surface area (TPSA) is 83.5 Å². The molecule has 1 aliphatic rings. The molecule has 0 spiro atoms. The van der Waals surface area contributed by atoms with E-state index in [0.29, 0.717) is 5.92 Å². The Bertz CT molecular complexity index is 644. The van der Waals surface area contributed by atoms with Gasteiger partial charge in [-0.05, 0) is 37.0 Å². The van der Waals surface area contributed by atoms with Gasteiger partial charge in [-0.1, -0.05) is 19.8 Å². The van der Waals surface area contributed by atoms with Gasteiger partial charge in [0.1, 0.15) is 10.7 Å². The molecule has 2 unspecified atom stereocenters. The van der Waals surface area contributed by atoms with Gasteiger partial charge >= 0.3 is 5.97 Å². The summed E-state index contributed by atoms with van der Waals surface area (Å²) in [5, 5.41) is 8.76. The zero-order valence-electron chi connectivity index (χ0n) is 11.7. The van der Waals surface area contributed by atoms with Crippen LogP contribution < -0.4 is 4.72 Å². The normalized spacial score (nSPS) is 23.0. The Labute approximate surface area is 123 Å². The number of benzene rings is 1. The van der Waals surface area contributed by atoms with Crippen molar-refractivity contribution in [2.75, 3.05) is 0 Å². The number of nitrogens with one attached hydrogen (secondary N) is 1. The first-order valence-electron chi connectivity index (χ1n) is 6.85. The summed E-state index contributed by atoms with van der Waals surface area (Å²) >= 11 is 0. The van der Waals surface area contributed by atoms with E-state index in [4.69, 9.17) is 5.11 Å². The molecular formula is C14H18FNO4S. The summed E-state index contributed by atoms with van der Waals surface area (Å²) in [7, 11) is -3.97. The monoisotopic (exact) mass is 315 g/mol. The van der Waals surface area contributed by atoms with Crippen LogP contribution >= 0.6 is 0 Å². The molecule has 0 aromatic heterocycles. The number of hydrogen-bond acceptors (Lipinski definition) is 3. The lowest BCUT2D eigenvalue weighted by molar-refractivity contribution is 0.0696. The molecule has 5 nitrogen and oxygen atoms in total. The van der Waals surface area contributed by atoms with Crippen molar-refractivity contribution < 1.29 is 22.7 Å². The highest BCUT2D eigenvalue weighted by Crippen LogP contribution is 2.25. The molecule has 1 saturated carbocycles. The summed E-state index contributed by atoms with van der Waals surface area (Å²) in [6.45, 7) is 2.06. The molecule has 2 N–H and O–H groups in total. The molecule has 2 atom stereocenters. The molecule has 21 heavy (non-hydrogen) atoms. The van der Waals surface area contributed by atoms with E-state index in [1.54, 1.807) is 0 Å². The van der Waals surface area contributed by atoms with E-state index in [1.165, 1.54) is 0 Å². The number of carboxylic acids is 1. The first-order valence-corrected chi connectivity index (χ1v) is 8.33. The fourth-order valence-corrected chi connectivity index (χ4v) is 4.02. The van der Waals surface area contributed by atoms with Gasteiger partial charge in [0.15, 0.2) is 0 Å². The second kappa shape index (κ2) is 6.11. The number of aromatic carboxylic acids is 1. The predicted molar refractivity (Wildman–Crippen MR) is 75.1 cm³/mol. The number of carbonyl (C=O) groups is 1. The zero-order valence-corrected chi connectivity index (χ0v) is 12.5. The minimum absolute atomic E-state index is 0.197. The van der Waals surface area contributed by atoms with Crippen LogP contribution in [0.3, 0.4) is 0 Å². The molecule has 1 fully saturated rings. The van der Waals surface area contributed by atoms with Crippen molar-refractivity contribution in [1.29, 1.82) is 0 Å². The summed E-state index contributed by atoms with van der Waals surface area (Å²) in [6, 6.07) is 2.61. The van der Waals surface area contributed by atoms with Crippen LogP contribution in [0.4, 0.5) is 4.39 Å². The fraction of sp³-hybridized carbons (Fsp3) is 0.500. The van der Waals surface area contributed by atoms with Crippen LogP contribution in [0.25, 0.3) is 0 Å². The van der Waals surface area contributed by atoms with Gasteiger partial charge in [0, 0.05) is 6.04 Å². The maximum atomic E-state index is 13.9. The zero-order chi connectivity index (χ0) is 15.6. The molecule has 2 rings (SSSR count). The number of carboxylic acid groups (broad SMARTS) is 1. The van der Waals surface area contributed by atoms with Crippen molar-refractivity contribution in [3.05, 3.63) is 29.6 Å². The van der Waals surface area contributed by atoms with Crippen LogP contribution in [-0.4, -0.2) is 25.5 Å². The van der Waals surface area contributed by atoms with Crippen molar-refractivity contribution in [2.24, 2.45) is 5.92 Å². The van der Waals surface area contributed by atoms with Gasteiger partial charge in [-0.15, -0.1) is 0 Å². The van der Waals surface area contributed by atoms with Gasteiger partial charge < -0.3 is 5.11 Å². The molecule has 0 heterocycles. The average Bonchev–Trinajstić information content (AvgIpc) is 2.37. The molecule has 0 radical (unpaired) electrons. The first kappa shape index (κ1) is 15.9. The largest absolute Gasteiger partial charge is 0.478 e. The van der Waals surface area contributed by atoms with E-state index in [9.17, 15) is 17.6 Å². The Kier molecular flexibility index (Phi) is 4.63. The molecule has 0 aliphatic heterocycles. The van der Waals surface area contributed by atoms with E-state index in [0.717, 1.165) is 43.9 Å². The van der Waals surface area contributed by atoms with Crippen molar-refractivity contribution >= 4 is 16.0 Å². The summed E-state index contributed by atoms with van der Waals surface area (Å²) in [5.74, 6) is -1.91. The average molecular weight is 315 g/mol. The summed E-state index contributed by atoms with van der Waals surface area (Å²) in [6.07, 6.45) is 3.47. The Hall–Kier alpha value is -1.47. The van der Waals surface area contributed by atoms with E-state index < -0.39 is 26.7 Å². The van der Waals surface area contributed by atoms with Crippen molar-refractivity contribution in [1.82, 2.24) is 4.72 Å². The lowest BCUT2D eigenvalue weighted by atomic mass is 9.88. The van der Waals surface area contributed by atoms with Crippen molar-refractivity contribution in [2.45, 2.75) is 43.5 Å². The summed E-state index contributed by atoms with van der Waals surface area (Å²) in [4.78, 5) is 10.2. The van der Waals surface area contributed by atoms with Crippen LogP contribution in [0, 0.1) is 11.7 Å². The minimum Gasteiger partial charge on any atom is -0.478 e. The van der Waals surface area contributed by atoms with Crippen LogP contribution in [0.2, 0.25) is 0 Å². The Morgan fingerprint density at radius 3 is 2.67 bits per heavy atom. The standard InChI is InChI=1S/C14H18FNO4S/c1-9-3-2-4-11(7-9)16-21(19,20)13-6-5-10(14(17)18)8-12(13)15/h5-6,8-9,11,16H,2-4,7H2,1H3,(H,17,18). The van der Waals surface area contributed by atoms with E-state index >= 15 is 0 Å². The molecule has 1 aliphatic carbocycles. The number of halogens is 1. The van der Waals surface area contributed by atoms with Gasteiger partial charge in [0.05, 0.1) is 5.56 Å². The van der Waals surface area contributed by atoms with Crippen LogP contribution in [0.15, 0.2) is 23.1 Å². The van der Waals surface area contributed by atoms with Gasteiger partial charge in [0.2, 0.25) is 10.0 Å². The van der Waals surface area contributed by atoms with E-state index in [1.807, 2.05) is 0 Å². The van der Waals surface area contributed by atoms with E-state index in [-0.39, 0.29) is 11.6 Å². The minimum atomic E-state index is -3.97. The molecule has 7 heteroatoms. The maximum Gasteiger partial charge on any atom is 0.335 e. The lowest BCUT2D eigenvalue weighted by Crippen LogP contribution is -2.38. The third-order valence-corrected chi connectivity index (χ3v) is 5.28. The number of sulfonamides is 1. The fourth-order valence-electron chi connectivity index (χ4n) is 2.68. The maximum absolute atomic E-state index is 13.9. The van der Waals surface area contributed by atoms with Crippen LogP contribution in [0.1, 0.15) is 43.0 Å². The summed E-state index contributed by atoms with van der Waals surface area (Å²) in [5.41, 5.74) is -0.280. The molecule has 0 bridgehead atoms. The van der Waals surface area contributed by atoms with Gasteiger partial charge in [0.25, 0.3) is 0 Å². The first-order chi connectivity index (χ1) is 9.79. The van der Waals surface area contributed by atoms with Gasteiger partial charge in [-0.25, -0.2) is 22.3 Å². The Morgan fingerprint density at radius 1 is 1.38 bits per heavy atom. The SMILES string of the molecule is CC1CCCC(NS(=O)(=O)c2ccc(C(=O)O)cc2F)C1. The molecule has 0 saturated heterocycles. The highest BCUT2D eigenvalue weighted by molar-refractivity contribution is 7.89. The predicted octanol–water partition coefficient (Wildman–Crippen LogP) is 2.38. The quantitative estimate of drug-likeness (QED) is 0.893. The van der Waals surface area contributed by atoms with Gasteiger partial charge in [-0.2, -0.15) is 0 Å². The lowest BCUT2D eigenvalue weighted by Gasteiger charge is -2.27. The second-order valence-corrected chi connectivity index (χ2v) is 7.22. The molecule has 1 aromatic carbocycles. The third kappa shape index (κ3) is 3.79. The molecular weight excluding hydrogens is 297 g/mol. The third-order valence-electron chi connectivity index (χ3n) is 3.73. The second-order valence-electron chi connectivity index (χ2n) is 5.54. The molecule has 116 valence electrons. The van der Waals surface area contributed by atoms with E-state index in [2.05, 4.69) is 11.6 Å². The highest BCUT2D eigenvalue weighted by Gasteiger charge is 2.27. The van der Waals surface area contributed by atoms with Crippen LogP contribution in [0.5, 0.6) is 0 Å². The summed E-state index contributed by atoms with van der Waals surface area (Å²) < 4.78 is 40.8. The van der Waals surface area contributed by atoms with Crippen LogP contribution in [-0.2, 0) is 10.0 Å². The Balaban J connectivity index is 2.21. The number of hydrogen-bond donors (Lipinski definition) is 2. The molecule has 1 aromatic rings.